The largest absolute Gasteiger partial charge is 0.491 e. The highest BCUT2D eigenvalue weighted by atomic mass is 16.4. The molecule has 2 aromatic heterocycles. The molecule has 2 heterocycles. The van der Waals surface area contributed by atoms with Gasteiger partial charge in [-0.2, -0.15) is 4.98 Å². The number of aromatic amines is 1. The number of aromatic hydroxyl groups is 1. The number of para-hydroxylation sites is 1. The van der Waals surface area contributed by atoms with Gasteiger partial charge < -0.3 is 25.3 Å². The van der Waals surface area contributed by atoms with Gasteiger partial charge in [0.1, 0.15) is 0 Å². The Kier molecular flexibility index (Phi) is 4.87. The van der Waals surface area contributed by atoms with Gasteiger partial charge in [-0.25, -0.2) is 0 Å². The molecule has 0 spiro atoms. The topological polar surface area (TPSA) is 146 Å². The lowest BCUT2D eigenvalue weighted by Gasteiger charge is -2.16. The summed E-state index contributed by atoms with van der Waals surface area (Å²) in [5.74, 6) is -2.34. The van der Waals surface area contributed by atoms with Crippen molar-refractivity contribution in [2.24, 2.45) is 5.73 Å². The zero-order valence-electron chi connectivity index (χ0n) is 14.8. The van der Waals surface area contributed by atoms with Crippen molar-refractivity contribution in [2.75, 3.05) is 11.9 Å². The second-order valence-corrected chi connectivity index (χ2v) is 6.30. The van der Waals surface area contributed by atoms with Crippen LogP contribution in [0.1, 0.15) is 30.6 Å². The summed E-state index contributed by atoms with van der Waals surface area (Å²) in [4.78, 5) is 31.0. The highest BCUT2D eigenvalue weighted by molar-refractivity contribution is 5.96. The summed E-state index contributed by atoms with van der Waals surface area (Å²) < 4.78 is 5.61. The molecule has 0 bridgehead atoms. The SMILES string of the molecule is C[C@@H](c1oc(N(C)C(=O)[C@@H](N)CC(=O)O)nc1O)c1c[nH]c2ccccc12. The van der Waals surface area contributed by atoms with Gasteiger partial charge in [-0.1, -0.05) is 25.1 Å². The van der Waals surface area contributed by atoms with Crippen LogP contribution in [0.2, 0.25) is 0 Å². The molecule has 1 aromatic carbocycles. The maximum Gasteiger partial charge on any atom is 0.307 e. The van der Waals surface area contributed by atoms with Crippen LogP contribution in [0.15, 0.2) is 34.9 Å². The number of nitrogens with zero attached hydrogens (tertiary/aromatic N) is 2. The smallest absolute Gasteiger partial charge is 0.307 e. The fourth-order valence-electron chi connectivity index (χ4n) is 2.95. The Morgan fingerprint density at radius 2 is 2.07 bits per heavy atom. The van der Waals surface area contributed by atoms with E-state index in [-0.39, 0.29) is 23.6 Å². The minimum atomic E-state index is -1.24. The first-order valence-electron chi connectivity index (χ1n) is 8.30. The van der Waals surface area contributed by atoms with E-state index in [0.717, 1.165) is 21.4 Å². The minimum Gasteiger partial charge on any atom is -0.491 e. The van der Waals surface area contributed by atoms with E-state index in [9.17, 15) is 14.7 Å². The highest BCUT2D eigenvalue weighted by Gasteiger charge is 2.28. The third-order valence-corrected chi connectivity index (χ3v) is 4.43. The molecule has 9 nitrogen and oxygen atoms in total. The number of carbonyl (C=O) groups is 2. The first kappa shape index (κ1) is 18.5. The van der Waals surface area contributed by atoms with E-state index >= 15 is 0 Å². The Bertz CT molecular complexity index is 993. The third-order valence-electron chi connectivity index (χ3n) is 4.43. The molecule has 5 N–H and O–H groups in total. The molecule has 1 amide bonds. The number of carbonyl (C=O) groups excluding carboxylic acids is 1. The van der Waals surface area contributed by atoms with Crippen molar-refractivity contribution in [2.45, 2.75) is 25.3 Å². The van der Waals surface area contributed by atoms with Crippen LogP contribution < -0.4 is 10.6 Å². The van der Waals surface area contributed by atoms with Crippen LogP contribution in [0.3, 0.4) is 0 Å². The fourth-order valence-corrected chi connectivity index (χ4v) is 2.95. The summed E-state index contributed by atoms with van der Waals surface area (Å²) in [6.07, 6.45) is 1.31. The normalized spacial score (nSPS) is 13.4. The number of amides is 1. The van der Waals surface area contributed by atoms with Crippen LogP contribution in [0, 0.1) is 0 Å². The summed E-state index contributed by atoms with van der Waals surface area (Å²) in [6, 6.07) is 6.32. The quantitative estimate of drug-likeness (QED) is 0.516. The molecule has 0 radical (unpaired) electrons. The first-order chi connectivity index (χ1) is 12.8. The highest BCUT2D eigenvalue weighted by Crippen LogP contribution is 2.36. The van der Waals surface area contributed by atoms with Crippen LogP contribution >= 0.6 is 0 Å². The van der Waals surface area contributed by atoms with Crippen molar-refractivity contribution >= 4 is 28.8 Å². The average Bonchev–Trinajstić information content (AvgIpc) is 3.23. The van der Waals surface area contributed by atoms with Crippen molar-refractivity contribution in [3.05, 3.63) is 41.8 Å². The lowest BCUT2D eigenvalue weighted by atomic mass is 9.98. The van der Waals surface area contributed by atoms with Crippen molar-refractivity contribution in [3.8, 4) is 5.88 Å². The third kappa shape index (κ3) is 3.49. The van der Waals surface area contributed by atoms with E-state index in [1.165, 1.54) is 7.05 Å². The molecular formula is C18H20N4O5. The Balaban J connectivity index is 1.87. The molecule has 0 saturated carbocycles. The molecule has 0 unspecified atom stereocenters. The van der Waals surface area contributed by atoms with Gasteiger partial charge in [0.05, 0.1) is 12.5 Å². The number of hydrogen-bond donors (Lipinski definition) is 4. The van der Waals surface area contributed by atoms with Gasteiger partial charge in [-0.3, -0.25) is 14.5 Å². The number of nitrogens with two attached hydrogens (primary N) is 1. The Morgan fingerprint density at radius 3 is 2.78 bits per heavy atom. The summed E-state index contributed by atoms with van der Waals surface area (Å²) in [7, 11) is 1.36. The molecule has 3 aromatic rings. The van der Waals surface area contributed by atoms with Crippen molar-refractivity contribution < 1.29 is 24.2 Å². The van der Waals surface area contributed by atoms with Crippen LogP contribution in [-0.2, 0) is 9.59 Å². The number of anilines is 1. The zero-order valence-corrected chi connectivity index (χ0v) is 14.8. The molecule has 0 saturated heterocycles. The average molecular weight is 372 g/mol. The van der Waals surface area contributed by atoms with Crippen molar-refractivity contribution in [1.82, 2.24) is 9.97 Å². The van der Waals surface area contributed by atoms with Crippen LogP contribution in [0.4, 0.5) is 6.01 Å². The summed E-state index contributed by atoms with van der Waals surface area (Å²) in [6.45, 7) is 1.84. The van der Waals surface area contributed by atoms with E-state index in [1.54, 1.807) is 0 Å². The number of hydrogen-bond acceptors (Lipinski definition) is 6. The van der Waals surface area contributed by atoms with E-state index in [2.05, 4.69) is 9.97 Å². The molecule has 3 rings (SSSR count). The predicted octanol–water partition coefficient (Wildman–Crippen LogP) is 1.78. The van der Waals surface area contributed by atoms with Gasteiger partial charge in [-0.05, 0) is 11.6 Å². The zero-order chi connectivity index (χ0) is 19.7. The number of aromatic nitrogens is 2. The number of likely N-dealkylation sites (N-methyl/N-ethyl adjacent to an activating group) is 1. The first-order valence-corrected chi connectivity index (χ1v) is 8.30. The summed E-state index contributed by atoms with van der Waals surface area (Å²) >= 11 is 0. The molecule has 9 heteroatoms. The number of fused-ring (bicyclic) bond motifs is 1. The van der Waals surface area contributed by atoms with E-state index in [4.69, 9.17) is 15.3 Å². The molecule has 27 heavy (non-hydrogen) atoms. The minimum absolute atomic E-state index is 0.153. The lowest BCUT2D eigenvalue weighted by molar-refractivity contribution is -0.139. The predicted molar refractivity (Wildman–Crippen MR) is 97.6 cm³/mol. The van der Waals surface area contributed by atoms with Crippen LogP contribution in [0.25, 0.3) is 10.9 Å². The summed E-state index contributed by atoms with van der Waals surface area (Å²) in [5, 5.41) is 20.0. The van der Waals surface area contributed by atoms with Gasteiger partial charge in [0.25, 0.3) is 5.88 Å². The molecule has 142 valence electrons. The monoisotopic (exact) mass is 372 g/mol. The van der Waals surface area contributed by atoms with Crippen molar-refractivity contribution in [1.29, 1.82) is 0 Å². The number of carboxylic acid groups (broad SMARTS) is 1. The fraction of sp³-hybridized carbons (Fsp3) is 0.278. The maximum atomic E-state index is 12.2. The lowest BCUT2D eigenvalue weighted by Crippen LogP contribution is -2.43. The summed E-state index contributed by atoms with van der Waals surface area (Å²) in [5.41, 5.74) is 7.44. The van der Waals surface area contributed by atoms with Gasteiger partial charge in [0, 0.05) is 30.1 Å². The van der Waals surface area contributed by atoms with Gasteiger partial charge in [-0.15, -0.1) is 0 Å². The van der Waals surface area contributed by atoms with Gasteiger partial charge in [0.15, 0.2) is 5.76 Å². The Hall–Kier alpha value is -3.33. The number of aliphatic carboxylic acids is 1. The second-order valence-electron chi connectivity index (χ2n) is 6.30. The van der Waals surface area contributed by atoms with E-state index in [1.807, 2.05) is 37.4 Å². The number of H-pyrrole nitrogens is 1. The van der Waals surface area contributed by atoms with Crippen molar-refractivity contribution in [3.63, 3.8) is 0 Å². The van der Waals surface area contributed by atoms with Gasteiger partial charge in [0.2, 0.25) is 5.91 Å². The van der Waals surface area contributed by atoms with Gasteiger partial charge >= 0.3 is 12.0 Å². The van der Waals surface area contributed by atoms with E-state index in [0.29, 0.717) is 0 Å². The number of nitrogens with one attached hydrogen (secondary N) is 1. The van der Waals surface area contributed by atoms with Crippen LogP contribution in [0.5, 0.6) is 5.88 Å². The molecular weight excluding hydrogens is 352 g/mol. The van der Waals surface area contributed by atoms with Crippen LogP contribution in [-0.4, -0.2) is 45.1 Å². The number of benzene rings is 1. The Morgan fingerprint density at radius 1 is 1.37 bits per heavy atom. The number of carboxylic acids is 1. The molecule has 0 aliphatic heterocycles. The standard InChI is InChI=1S/C18H20N4O5/c1-9(11-8-20-13-6-4-3-5-10(11)13)15-16(25)21-18(27-15)22(2)17(26)12(19)7-14(23)24/h3-6,8-9,12,20,25H,7,19H2,1-2H3,(H,23,24)/t9-,12+/m1/s1. The van der Waals surface area contributed by atoms with E-state index < -0.39 is 24.3 Å². The number of rotatable bonds is 6. The molecule has 0 fully saturated rings. The molecule has 0 aliphatic carbocycles. The number of oxazole rings is 1. The maximum absolute atomic E-state index is 12.2. The Labute approximate surface area is 154 Å². The molecule has 0 aliphatic rings. The molecule has 2 atom stereocenters. The second kappa shape index (κ2) is 7.12.